The molecule has 94 valence electrons. The van der Waals surface area contributed by atoms with Crippen LogP contribution in [0.1, 0.15) is 38.7 Å². The van der Waals surface area contributed by atoms with E-state index in [-0.39, 0.29) is 0 Å². The molecule has 0 saturated heterocycles. The number of hydrogen-bond acceptors (Lipinski definition) is 2. The van der Waals surface area contributed by atoms with Gasteiger partial charge in [-0.3, -0.25) is 5.32 Å². The van der Waals surface area contributed by atoms with Crippen LogP contribution >= 0.6 is 0 Å². The Kier molecular flexibility index (Phi) is 5.16. The van der Waals surface area contributed by atoms with Crippen LogP contribution in [0.3, 0.4) is 0 Å². The van der Waals surface area contributed by atoms with Gasteiger partial charge in [0.1, 0.15) is 5.54 Å². The van der Waals surface area contributed by atoms with Crippen molar-refractivity contribution >= 4 is 5.97 Å². The molecule has 3 heteroatoms. The zero-order valence-corrected chi connectivity index (χ0v) is 10.6. The monoisotopic (exact) mass is 235 g/mol. The second kappa shape index (κ2) is 6.40. The maximum Gasteiger partial charge on any atom is 0.328 e. The Morgan fingerprint density at radius 1 is 1.24 bits per heavy atom. The van der Waals surface area contributed by atoms with Crippen LogP contribution in [-0.2, 0) is 10.3 Å². The lowest BCUT2D eigenvalue weighted by Gasteiger charge is -2.31. The minimum atomic E-state index is -0.938. The Morgan fingerprint density at radius 2 is 1.88 bits per heavy atom. The average Bonchev–Trinajstić information content (AvgIpc) is 2.35. The predicted octanol–water partition coefficient (Wildman–Crippen LogP) is 2.77. The Balaban J connectivity index is 3.10. The van der Waals surface area contributed by atoms with Crippen LogP contribution in [0.5, 0.6) is 0 Å². The quantitative estimate of drug-likeness (QED) is 0.764. The van der Waals surface area contributed by atoms with Crippen molar-refractivity contribution in [3.8, 4) is 0 Å². The number of benzene rings is 1. The summed E-state index contributed by atoms with van der Waals surface area (Å²) in [7, 11) is 0. The topological polar surface area (TPSA) is 49.3 Å². The van der Waals surface area contributed by atoms with Gasteiger partial charge < -0.3 is 5.11 Å². The summed E-state index contributed by atoms with van der Waals surface area (Å²) in [6, 6.07) is 9.44. The smallest absolute Gasteiger partial charge is 0.328 e. The van der Waals surface area contributed by atoms with Gasteiger partial charge in [-0.2, -0.15) is 0 Å². The fourth-order valence-corrected chi connectivity index (χ4v) is 2.08. The lowest BCUT2D eigenvalue weighted by atomic mass is 9.85. The van der Waals surface area contributed by atoms with E-state index in [1.165, 1.54) is 0 Å². The fraction of sp³-hybridized carbons (Fsp3) is 0.500. The minimum absolute atomic E-state index is 0.604. The molecule has 1 rings (SSSR count). The maximum absolute atomic E-state index is 11.7. The third kappa shape index (κ3) is 3.07. The normalized spacial score (nSPS) is 14.2. The van der Waals surface area contributed by atoms with Crippen molar-refractivity contribution in [2.24, 2.45) is 0 Å². The molecule has 0 aliphatic heterocycles. The van der Waals surface area contributed by atoms with Crippen molar-refractivity contribution in [3.63, 3.8) is 0 Å². The zero-order valence-electron chi connectivity index (χ0n) is 10.6. The van der Waals surface area contributed by atoms with Crippen LogP contribution < -0.4 is 5.32 Å². The van der Waals surface area contributed by atoms with Gasteiger partial charge >= 0.3 is 5.97 Å². The number of carbonyl (C=O) groups is 1. The Hall–Kier alpha value is -1.35. The van der Waals surface area contributed by atoms with Crippen LogP contribution in [0.15, 0.2) is 30.3 Å². The third-order valence-corrected chi connectivity index (χ3v) is 2.93. The summed E-state index contributed by atoms with van der Waals surface area (Å²) in [4.78, 5) is 11.7. The number of aliphatic carboxylic acids is 1. The lowest BCUT2D eigenvalue weighted by molar-refractivity contribution is -0.145. The van der Waals surface area contributed by atoms with E-state index in [0.29, 0.717) is 13.0 Å². The Morgan fingerprint density at radius 3 is 2.35 bits per heavy atom. The first-order valence-corrected chi connectivity index (χ1v) is 6.21. The molecule has 1 unspecified atom stereocenters. The van der Waals surface area contributed by atoms with E-state index in [1.54, 1.807) is 0 Å². The average molecular weight is 235 g/mol. The summed E-state index contributed by atoms with van der Waals surface area (Å²) in [6.45, 7) is 4.76. The Labute approximate surface area is 103 Å². The van der Waals surface area contributed by atoms with Gasteiger partial charge in [0, 0.05) is 0 Å². The molecular weight excluding hydrogens is 214 g/mol. The van der Waals surface area contributed by atoms with Gasteiger partial charge in [-0.05, 0) is 24.9 Å². The summed E-state index contributed by atoms with van der Waals surface area (Å²) in [5.74, 6) is -0.793. The van der Waals surface area contributed by atoms with Crippen LogP contribution in [0.4, 0.5) is 0 Å². The fourth-order valence-electron chi connectivity index (χ4n) is 2.08. The second-order valence-electron chi connectivity index (χ2n) is 4.25. The largest absolute Gasteiger partial charge is 0.480 e. The van der Waals surface area contributed by atoms with E-state index < -0.39 is 11.5 Å². The minimum Gasteiger partial charge on any atom is -0.480 e. The van der Waals surface area contributed by atoms with Crippen molar-refractivity contribution < 1.29 is 9.90 Å². The van der Waals surface area contributed by atoms with Gasteiger partial charge in [-0.25, -0.2) is 4.79 Å². The molecule has 1 aromatic rings. The highest BCUT2D eigenvalue weighted by Crippen LogP contribution is 2.27. The molecule has 1 aromatic carbocycles. The number of carboxylic acids is 1. The number of hydrogen-bond donors (Lipinski definition) is 2. The number of nitrogens with one attached hydrogen (secondary N) is 1. The molecular formula is C14H21NO2. The number of rotatable bonds is 7. The summed E-state index contributed by atoms with van der Waals surface area (Å²) >= 11 is 0. The lowest BCUT2D eigenvalue weighted by Crippen LogP contribution is -2.49. The molecule has 0 aliphatic carbocycles. The number of carboxylic acid groups (broad SMARTS) is 1. The molecule has 0 fully saturated rings. The molecule has 0 radical (unpaired) electrons. The van der Waals surface area contributed by atoms with Gasteiger partial charge in [0.05, 0.1) is 0 Å². The van der Waals surface area contributed by atoms with Crippen LogP contribution in [0.2, 0.25) is 0 Å². The molecule has 17 heavy (non-hydrogen) atoms. The van der Waals surface area contributed by atoms with E-state index in [0.717, 1.165) is 18.4 Å². The van der Waals surface area contributed by atoms with Crippen molar-refractivity contribution in [2.75, 3.05) is 6.54 Å². The first kappa shape index (κ1) is 13.7. The second-order valence-corrected chi connectivity index (χ2v) is 4.25. The van der Waals surface area contributed by atoms with Crippen LogP contribution in [-0.4, -0.2) is 17.6 Å². The first-order chi connectivity index (χ1) is 8.17. The predicted molar refractivity (Wildman–Crippen MR) is 69.0 cm³/mol. The maximum atomic E-state index is 11.7. The van der Waals surface area contributed by atoms with Crippen molar-refractivity contribution in [1.29, 1.82) is 0 Å². The molecule has 1 atom stereocenters. The molecule has 3 nitrogen and oxygen atoms in total. The van der Waals surface area contributed by atoms with E-state index in [4.69, 9.17) is 0 Å². The molecule has 0 heterocycles. The molecule has 2 N–H and O–H groups in total. The van der Waals surface area contributed by atoms with E-state index in [1.807, 2.05) is 44.2 Å². The molecule has 0 saturated carbocycles. The van der Waals surface area contributed by atoms with Gasteiger partial charge in [-0.15, -0.1) is 0 Å². The molecule has 0 aliphatic rings. The summed E-state index contributed by atoms with van der Waals surface area (Å²) in [6.07, 6.45) is 2.36. The highest BCUT2D eigenvalue weighted by Gasteiger charge is 2.38. The standard InChI is InChI=1S/C14H21NO2/c1-3-10-14(13(16)17,15-11-4-2)12-8-6-5-7-9-12/h5-9,15H,3-4,10-11H2,1-2H3,(H,16,17). The van der Waals surface area contributed by atoms with Crippen molar-refractivity contribution in [2.45, 2.75) is 38.6 Å². The highest BCUT2D eigenvalue weighted by molar-refractivity contribution is 5.80. The van der Waals surface area contributed by atoms with Crippen molar-refractivity contribution in [1.82, 2.24) is 5.32 Å². The zero-order chi connectivity index (χ0) is 12.7. The Bertz CT molecular complexity index is 350. The van der Waals surface area contributed by atoms with Crippen LogP contribution in [0, 0.1) is 0 Å². The first-order valence-electron chi connectivity index (χ1n) is 6.21. The SMILES string of the molecule is CCCNC(CCC)(C(=O)O)c1ccccc1. The van der Waals surface area contributed by atoms with Gasteiger partial charge in [0.15, 0.2) is 0 Å². The van der Waals surface area contributed by atoms with Crippen molar-refractivity contribution in [3.05, 3.63) is 35.9 Å². The summed E-state index contributed by atoms with van der Waals surface area (Å²) < 4.78 is 0. The summed E-state index contributed by atoms with van der Waals surface area (Å²) in [5.41, 5.74) is -0.103. The molecule has 0 aromatic heterocycles. The van der Waals surface area contributed by atoms with E-state index in [9.17, 15) is 9.90 Å². The van der Waals surface area contributed by atoms with Crippen LogP contribution in [0.25, 0.3) is 0 Å². The summed E-state index contributed by atoms with van der Waals surface area (Å²) in [5, 5.41) is 12.8. The van der Waals surface area contributed by atoms with E-state index >= 15 is 0 Å². The van der Waals surface area contributed by atoms with E-state index in [2.05, 4.69) is 5.32 Å². The molecule has 0 bridgehead atoms. The van der Waals surface area contributed by atoms with Gasteiger partial charge in [0.25, 0.3) is 0 Å². The highest BCUT2D eigenvalue weighted by atomic mass is 16.4. The molecule has 0 spiro atoms. The third-order valence-electron chi connectivity index (χ3n) is 2.93. The van der Waals surface area contributed by atoms with Gasteiger partial charge in [-0.1, -0.05) is 50.6 Å². The van der Waals surface area contributed by atoms with Gasteiger partial charge in [0.2, 0.25) is 0 Å². The molecule has 0 amide bonds.